The maximum atomic E-state index is 5.56. The average Bonchev–Trinajstić information content (AvgIpc) is 2.27. The number of nitrogen functional groups attached to an aromatic ring is 1. The van der Waals surface area contributed by atoms with Crippen LogP contribution >= 0.6 is 0 Å². The fraction of sp³-hybridized carbons (Fsp3) is 0.231. The number of aromatic nitrogens is 2. The van der Waals surface area contributed by atoms with Gasteiger partial charge in [-0.05, 0) is 38.5 Å². The summed E-state index contributed by atoms with van der Waals surface area (Å²) in [5.41, 5.74) is 9.66. The van der Waals surface area contributed by atoms with Crippen LogP contribution in [0.2, 0.25) is 0 Å². The largest absolute Gasteiger partial charge is 0.368 e. The lowest BCUT2D eigenvalue weighted by Gasteiger charge is -2.03. The molecule has 5 nitrogen and oxygen atoms in total. The summed E-state index contributed by atoms with van der Waals surface area (Å²) in [7, 11) is 0. The van der Waals surface area contributed by atoms with Crippen molar-refractivity contribution in [2.24, 2.45) is 10.2 Å². The molecule has 2 rings (SSSR count). The number of azo groups is 1. The molecule has 92 valence electrons. The molecule has 0 bridgehead atoms. The van der Waals surface area contributed by atoms with Crippen LogP contribution in [0.5, 0.6) is 0 Å². The van der Waals surface area contributed by atoms with Crippen molar-refractivity contribution in [1.82, 2.24) is 9.97 Å². The normalized spacial score (nSPS) is 11.1. The first kappa shape index (κ1) is 12.2. The van der Waals surface area contributed by atoms with Crippen molar-refractivity contribution in [2.75, 3.05) is 5.73 Å². The summed E-state index contributed by atoms with van der Waals surface area (Å²) in [5, 5.41) is 8.40. The van der Waals surface area contributed by atoms with Crippen LogP contribution in [0.25, 0.3) is 0 Å². The van der Waals surface area contributed by atoms with Gasteiger partial charge in [-0.3, -0.25) is 0 Å². The smallest absolute Gasteiger partial charge is 0.220 e. The minimum Gasteiger partial charge on any atom is -0.368 e. The highest BCUT2D eigenvalue weighted by atomic mass is 15.1. The predicted octanol–water partition coefficient (Wildman–Crippen LogP) is 3.40. The number of nitrogens with zero attached hydrogens (tertiary/aromatic N) is 4. The molecule has 18 heavy (non-hydrogen) atoms. The summed E-state index contributed by atoms with van der Waals surface area (Å²) in [6, 6.07) is 7.83. The second-order valence-electron chi connectivity index (χ2n) is 4.14. The molecule has 1 aromatic heterocycles. The second-order valence-corrected chi connectivity index (χ2v) is 4.14. The van der Waals surface area contributed by atoms with Gasteiger partial charge >= 0.3 is 0 Å². The Morgan fingerprint density at radius 3 is 2.28 bits per heavy atom. The molecule has 0 aliphatic heterocycles. The Balaban J connectivity index is 2.35. The molecule has 1 aromatic carbocycles. The van der Waals surface area contributed by atoms with Gasteiger partial charge in [0.05, 0.1) is 17.1 Å². The molecule has 0 saturated carbocycles. The van der Waals surface area contributed by atoms with E-state index in [1.54, 1.807) is 0 Å². The minimum atomic E-state index is 0.263. The zero-order valence-electron chi connectivity index (χ0n) is 10.7. The number of hydrogen-bond acceptors (Lipinski definition) is 5. The Bertz CT molecular complexity index is 581. The quantitative estimate of drug-likeness (QED) is 0.818. The van der Waals surface area contributed by atoms with Gasteiger partial charge < -0.3 is 5.73 Å². The van der Waals surface area contributed by atoms with Gasteiger partial charge in [-0.1, -0.05) is 12.1 Å². The highest BCUT2D eigenvalue weighted by Gasteiger charge is 2.05. The van der Waals surface area contributed by atoms with Crippen molar-refractivity contribution in [3.05, 3.63) is 41.2 Å². The van der Waals surface area contributed by atoms with Crippen molar-refractivity contribution in [3.63, 3.8) is 0 Å². The first-order valence-electron chi connectivity index (χ1n) is 5.65. The van der Waals surface area contributed by atoms with Crippen molar-refractivity contribution in [3.8, 4) is 0 Å². The highest BCUT2D eigenvalue weighted by molar-refractivity contribution is 5.48. The molecule has 1 heterocycles. The lowest BCUT2D eigenvalue weighted by molar-refractivity contribution is 1.04. The van der Waals surface area contributed by atoms with E-state index in [-0.39, 0.29) is 5.95 Å². The minimum absolute atomic E-state index is 0.263. The van der Waals surface area contributed by atoms with E-state index in [1.807, 2.05) is 45.0 Å². The molecular formula is C13H15N5. The first-order valence-corrected chi connectivity index (χ1v) is 5.65. The maximum Gasteiger partial charge on any atom is 0.220 e. The Morgan fingerprint density at radius 2 is 1.67 bits per heavy atom. The van der Waals surface area contributed by atoms with Crippen LogP contribution in [0.1, 0.15) is 17.0 Å². The first-order chi connectivity index (χ1) is 8.56. The number of hydrogen-bond donors (Lipinski definition) is 1. The van der Waals surface area contributed by atoms with Gasteiger partial charge in [-0.25, -0.2) is 9.97 Å². The van der Waals surface area contributed by atoms with Crippen molar-refractivity contribution in [1.29, 1.82) is 0 Å². The van der Waals surface area contributed by atoms with Crippen LogP contribution in [0, 0.1) is 20.8 Å². The van der Waals surface area contributed by atoms with E-state index in [1.165, 1.54) is 0 Å². The summed E-state index contributed by atoms with van der Waals surface area (Å²) in [5.74, 6) is 0.263. The fourth-order valence-corrected chi connectivity index (χ4v) is 1.68. The van der Waals surface area contributed by atoms with Crippen molar-refractivity contribution < 1.29 is 0 Å². The van der Waals surface area contributed by atoms with Gasteiger partial charge in [-0.2, -0.15) is 5.11 Å². The molecule has 0 aliphatic carbocycles. The van der Waals surface area contributed by atoms with Gasteiger partial charge in [0.2, 0.25) is 5.95 Å². The summed E-state index contributed by atoms with van der Waals surface area (Å²) < 4.78 is 0. The van der Waals surface area contributed by atoms with Crippen LogP contribution in [-0.4, -0.2) is 9.97 Å². The molecule has 0 unspecified atom stereocenters. The molecule has 5 heteroatoms. The van der Waals surface area contributed by atoms with E-state index in [4.69, 9.17) is 5.73 Å². The molecule has 0 spiro atoms. The van der Waals surface area contributed by atoms with Crippen molar-refractivity contribution >= 4 is 17.3 Å². The highest BCUT2D eigenvalue weighted by Crippen LogP contribution is 2.24. The molecule has 2 aromatic rings. The number of rotatable bonds is 2. The summed E-state index contributed by atoms with van der Waals surface area (Å²) in [6.45, 7) is 5.70. The van der Waals surface area contributed by atoms with E-state index in [9.17, 15) is 0 Å². The zero-order valence-corrected chi connectivity index (χ0v) is 10.7. The SMILES string of the molecule is Cc1cccc(N=Nc2c(C)nc(N)nc2C)c1. The van der Waals surface area contributed by atoms with E-state index >= 15 is 0 Å². The zero-order chi connectivity index (χ0) is 13.1. The van der Waals surface area contributed by atoms with Gasteiger partial charge in [0.25, 0.3) is 0 Å². The van der Waals surface area contributed by atoms with Crippen LogP contribution < -0.4 is 5.73 Å². The lowest BCUT2D eigenvalue weighted by Crippen LogP contribution is -1.98. The number of aryl methyl sites for hydroxylation is 3. The van der Waals surface area contributed by atoms with Gasteiger partial charge in [0, 0.05) is 0 Å². The van der Waals surface area contributed by atoms with Crippen LogP contribution in [0.15, 0.2) is 34.5 Å². The van der Waals surface area contributed by atoms with E-state index < -0.39 is 0 Å². The fourth-order valence-electron chi connectivity index (χ4n) is 1.68. The molecule has 0 saturated heterocycles. The van der Waals surface area contributed by atoms with E-state index in [2.05, 4.69) is 20.2 Å². The monoisotopic (exact) mass is 241 g/mol. The van der Waals surface area contributed by atoms with E-state index in [0.29, 0.717) is 5.69 Å². The number of benzene rings is 1. The Kier molecular flexibility index (Phi) is 3.32. The number of nitrogens with two attached hydrogens (primary N) is 1. The van der Waals surface area contributed by atoms with Gasteiger partial charge in [-0.15, -0.1) is 5.11 Å². The Morgan fingerprint density at radius 1 is 1.00 bits per heavy atom. The van der Waals surface area contributed by atoms with Crippen LogP contribution in [0.4, 0.5) is 17.3 Å². The molecule has 2 N–H and O–H groups in total. The molecule has 0 atom stereocenters. The summed E-state index contributed by atoms with van der Waals surface area (Å²) >= 11 is 0. The predicted molar refractivity (Wildman–Crippen MR) is 71.3 cm³/mol. The second kappa shape index (κ2) is 4.91. The average molecular weight is 241 g/mol. The third kappa shape index (κ3) is 2.68. The maximum absolute atomic E-state index is 5.56. The standard InChI is InChI=1S/C13H15N5/c1-8-5-4-6-11(7-8)17-18-12-9(2)15-13(14)16-10(12)3/h4-7H,1-3H3,(H2,14,15,16). The Hall–Kier alpha value is -2.30. The number of anilines is 1. The third-order valence-electron chi connectivity index (χ3n) is 2.52. The molecular weight excluding hydrogens is 226 g/mol. The third-order valence-corrected chi connectivity index (χ3v) is 2.52. The van der Waals surface area contributed by atoms with E-state index in [0.717, 1.165) is 22.6 Å². The summed E-state index contributed by atoms with van der Waals surface area (Å²) in [6.07, 6.45) is 0. The lowest BCUT2D eigenvalue weighted by atomic mass is 10.2. The van der Waals surface area contributed by atoms with Crippen LogP contribution in [0.3, 0.4) is 0 Å². The van der Waals surface area contributed by atoms with Crippen molar-refractivity contribution in [2.45, 2.75) is 20.8 Å². The Labute approximate surface area is 106 Å². The van der Waals surface area contributed by atoms with Gasteiger partial charge in [0.15, 0.2) is 0 Å². The molecule has 0 radical (unpaired) electrons. The molecule has 0 aliphatic rings. The van der Waals surface area contributed by atoms with Gasteiger partial charge in [0.1, 0.15) is 5.69 Å². The molecule has 0 fully saturated rings. The molecule has 0 amide bonds. The van der Waals surface area contributed by atoms with Crippen LogP contribution in [-0.2, 0) is 0 Å². The topological polar surface area (TPSA) is 76.5 Å². The summed E-state index contributed by atoms with van der Waals surface area (Å²) in [4.78, 5) is 8.15.